The minimum absolute atomic E-state index is 0.154. The van der Waals surface area contributed by atoms with Crippen LogP contribution in [0, 0.1) is 11.3 Å². The van der Waals surface area contributed by atoms with Crippen molar-refractivity contribution < 1.29 is 9.47 Å². The van der Waals surface area contributed by atoms with E-state index in [1.165, 1.54) is 0 Å². The molecule has 0 bridgehead atoms. The van der Waals surface area contributed by atoms with Gasteiger partial charge in [-0.05, 0) is 19.5 Å². The Morgan fingerprint density at radius 3 is 1.85 bits per heavy atom. The standard InChI is InChI=1S/C10H21NO2/c1-10(2,3)8-6-12-9(11(4)5)13-7-8/h8-9H,6-7H2,1-5H3. The maximum atomic E-state index is 5.58. The molecule has 3 heteroatoms. The smallest absolute Gasteiger partial charge is 0.218 e. The lowest BCUT2D eigenvalue weighted by Crippen LogP contribution is -2.44. The first-order valence-corrected chi connectivity index (χ1v) is 4.81. The Morgan fingerprint density at radius 1 is 1.08 bits per heavy atom. The summed E-state index contributed by atoms with van der Waals surface area (Å²) in [6, 6.07) is 0. The van der Waals surface area contributed by atoms with Crippen LogP contribution in [-0.2, 0) is 9.47 Å². The summed E-state index contributed by atoms with van der Waals surface area (Å²) >= 11 is 0. The zero-order valence-electron chi connectivity index (χ0n) is 9.33. The largest absolute Gasteiger partial charge is 0.339 e. The van der Waals surface area contributed by atoms with Gasteiger partial charge in [0.15, 0.2) is 0 Å². The minimum Gasteiger partial charge on any atom is -0.339 e. The summed E-state index contributed by atoms with van der Waals surface area (Å²) in [5, 5.41) is 0. The molecule has 0 N–H and O–H groups in total. The second kappa shape index (κ2) is 3.95. The van der Waals surface area contributed by atoms with Crippen LogP contribution in [-0.4, -0.2) is 38.6 Å². The lowest BCUT2D eigenvalue weighted by Gasteiger charge is -2.38. The number of ether oxygens (including phenoxy) is 2. The van der Waals surface area contributed by atoms with Gasteiger partial charge in [0.25, 0.3) is 0 Å². The maximum Gasteiger partial charge on any atom is 0.218 e. The van der Waals surface area contributed by atoms with Crippen molar-refractivity contribution in [3.05, 3.63) is 0 Å². The molecular formula is C10H21NO2. The molecule has 0 spiro atoms. The van der Waals surface area contributed by atoms with E-state index in [0.29, 0.717) is 5.92 Å². The van der Waals surface area contributed by atoms with Gasteiger partial charge >= 0.3 is 0 Å². The molecule has 3 nitrogen and oxygen atoms in total. The monoisotopic (exact) mass is 187 g/mol. The SMILES string of the molecule is CN(C)C1OCC(C(C)(C)C)CO1. The highest BCUT2D eigenvalue weighted by Gasteiger charge is 2.31. The third kappa shape index (κ3) is 2.93. The molecule has 0 radical (unpaired) electrons. The van der Waals surface area contributed by atoms with Gasteiger partial charge in [-0.3, -0.25) is 4.90 Å². The van der Waals surface area contributed by atoms with Crippen molar-refractivity contribution in [2.75, 3.05) is 27.3 Å². The summed E-state index contributed by atoms with van der Waals surface area (Å²) < 4.78 is 11.2. The van der Waals surface area contributed by atoms with Crippen LogP contribution in [0.5, 0.6) is 0 Å². The van der Waals surface area contributed by atoms with Crippen LogP contribution in [0.3, 0.4) is 0 Å². The van der Waals surface area contributed by atoms with Crippen LogP contribution in [0.15, 0.2) is 0 Å². The van der Waals surface area contributed by atoms with Gasteiger partial charge < -0.3 is 9.47 Å². The fourth-order valence-corrected chi connectivity index (χ4v) is 1.29. The van der Waals surface area contributed by atoms with Gasteiger partial charge in [0, 0.05) is 5.92 Å². The molecule has 1 saturated heterocycles. The molecule has 1 fully saturated rings. The van der Waals surface area contributed by atoms with Gasteiger partial charge in [0.2, 0.25) is 6.41 Å². The zero-order valence-corrected chi connectivity index (χ0v) is 9.33. The van der Waals surface area contributed by atoms with Crippen LogP contribution in [0.1, 0.15) is 20.8 Å². The minimum atomic E-state index is -0.154. The Morgan fingerprint density at radius 2 is 1.54 bits per heavy atom. The third-order valence-electron chi connectivity index (χ3n) is 2.53. The molecule has 0 aromatic carbocycles. The molecule has 0 aromatic heterocycles. The van der Waals surface area contributed by atoms with E-state index in [0.717, 1.165) is 13.2 Å². The lowest BCUT2D eigenvalue weighted by molar-refractivity contribution is -0.266. The van der Waals surface area contributed by atoms with Gasteiger partial charge in [-0.15, -0.1) is 0 Å². The molecule has 0 amide bonds. The summed E-state index contributed by atoms with van der Waals surface area (Å²) in [4.78, 5) is 1.94. The predicted octanol–water partition coefficient (Wildman–Crippen LogP) is 1.54. The van der Waals surface area contributed by atoms with Gasteiger partial charge in [-0.2, -0.15) is 0 Å². The Hall–Kier alpha value is -0.120. The van der Waals surface area contributed by atoms with Crippen molar-refractivity contribution in [3.63, 3.8) is 0 Å². The van der Waals surface area contributed by atoms with Crippen molar-refractivity contribution in [1.29, 1.82) is 0 Å². The first-order chi connectivity index (χ1) is 5.91. The molecule has 1 heterocycles. The van der Waals surface area contributed by atoms with E-state index in [1.807, 2.05) is 19.0 Å². The summed E-state index contributed by atoms with van der Waals surface area (Å²) in [6.07, 6.45) is -0.154. The van der Waals surface area contributed by atoms with Crippen LogP contribution < -0.4 is 0 Å². The quantitative estimate of drug-likeness (QED) is 0.621. The van der Waals surface area contributed by atoms with E-state index in [4.69, 9.17) is 9.47 Å². The molecule has 0 saturated carbocycles. The van der Waals surface area contributed by atoms with E-state index < -0.39 is 0 Å². The molecule has 0 aliphatic carbocycles. The molecule has 78 valence electrons. The summed E-state index contributed by atoms with van der Waals surface area (Å²) in [5.41, 5.74) is 0.275. The van der Waals surface area contributed by atoms with Crippen LogP contribution >= 0.6 is 0 Å². The van der Waals surface area contributed by atoms with Gasteiger partial charge in [0.05, 0.1) is 13.2 Å². The normalized spacial score (nSPS) is 30.9. The molecule has 1 aliphatic rings. The topological polar surface area (TPSA) is 21.7 Å². The number of nitrogens with zero attached hydrogens (tertiary/aromatic N) is 1. The van der Waals surface area contributed by atoms with E-state index in [1.54, 1.807) is 0 Å². The predicted molar refractivity (Wildman–Crippen MR) is 52.3 cm³/mol. The highest BCUT2D eigenvalue weighted by Crippen LogP contribution is 2.29. The second-order valence-corrected chi connectivity index (χ2v) is 5.00. The number of hydrogen-bond donors (Lipinski definition) is 0. The number of rotatable bonds is 1. The first kappa shape index (κ1) is 11.0. The van der Waals surface area contributed by atoms with E-state index in [9.17, 15) is 0 Å². The molecule has 1 rings (SSSR count). The zero-order chi connectivity index (χ0) is 10.1. The lowest BCUT2D eigenvalue weighted by atomic mass is 9.81. The van der Waals surface area contributed by atoms with Crippen LogP contribution in [0.4, 0.5) is 0 Å². The molecule has 1 aliphatic heterocycles. The Kier molecular flexibility index (Phi) is 3.33. The third-order valence-corrected chi connectivity index (χ3v) is 2.53. The molecule has 0 atom stereocenters. The second-order valence-electron chi connectivity index (χ2n) is 5.00. The average Bonchev–Trinajstić information content (AvgIpc) is 2.03. The highest BCUT2D eigenvalue weighted by molar-refractivity contribution is 4.75. The van der Waals surface area contributed by atoms with Gasteiger partial charge in [-0.1, -0.05) is 20.8 Å². The van der Waals surface area contributed by atoms with Crippen LogP contribution in [0.2, 0.25) is 0 Å². The summed E-state index contributed by atoms with van der Waals surface area (Å²) in [6.45, 7) is 8.26. The van der Waals surface area contributed by atoms with Gasteiger partial charge in [0.1, 0.15) is 0 Å². The molecule has 13 heavy (non-hydrogen) atoms. The molecule has 0 unspecified atom stereocenters. The fourth-order valence-electron chi connectivity index (χ4n) is 1.29. The van der Waals surface area contributed by atoms with Crippen molar-refractivity contribution >= 4 is 0 Å². The summed E-state index contributed by atoms with van der Waals surface area (Å²) in [7, 11) is 3.92. The van der Waals surface area contributed by atoms with Crippen molar-refractivity contribution in [2.24, 2.45) is 11.3 Å². The van der Waals surface area contributed by atoms with Crippen LogP contribution in [0.25, 0.3) is 0 Å². The van der Waals surface area contributed by atoms with Crippen molar-refractivity contribution in [3.8, 4) is 0 Å². The Labute approximate surface area is 81.0 Å². The summed E-state index contributed by atoms with van der Waals surface area (Å²) in [5.74, 6) is 0.503. The van der Waals surface area contributed by atoms with Crippen molar-refractivity contribution in [2.45, 2.75) is 27.2 Å². The van der Waals surface area contributed by atoms with E-state index in [-0.39, 0.29) is 11.8 Å². The maximum absolute atomic E-state index is 5.58. The molecular weight excluding hydrogens is 166 g/mol. The number of hydrogen-bond acceptors (Lipinski definition) is 3. The highest BCUT2D eigenvalue weighted by atomic mass is 16.7. The fraction of sp³-hybridized carbons (Fsp3) is 1.00. The van der Waals surface area contributed by atoms with Gasteiger partial charge in [-0.25, -0.2) is 0 Å². The van der Waals surface area contributed by atoms with Crippen molar-refractivity contribution in [1.82, 2.24) is 4.90 Å². The Bertz CT molecular complexity index is 155. The Balaban J connectivity index is 2.39. The van der Waals surface area contributed by atoms with E-state index >= 15 is 0 Å². The first-order valence-electron chi connectivity index (χ1n) is 4.81. The molecule has 0 aromatic rings. The average molecular weight is 187 g/mol. The van der Waals surface area contributed by atoms with E-state index in [2.05, 4.69) is 20.8 Å².